The fourth-order valence-electron chi connectivity index (χ4n) is 2.44. The SMILES string of the molecule is CCn1nc(C)c(Br)c1CC(N)c1ccc(F)cc1C. The Bertz CT molecular complexity index is 622. The van der Waals surface area contributed by atoms with Gasteiger partial charge in [0.25, 0.3) is 0 Å². The van der Waals surface area contributed by atoms with Gasteiger partial charge in [0.2, 0.25) is 0 Å². The maximum atomic E-state index is 13.2. The van der Waals surface area contributed by atoms with Gasteiger partial charge in [-0.1, -0.05) is 6.07 Å². The van der Waals surface area contributed by atoms with Gasteiger partial charge in [0, 0.05) is 19.0 Å². The molecule has 3 nitrogen and oxygen atoms in total. The molecule has 2 aromatic rings. The van der Waals surface area contributed by atoms with Crippen molar-refractivity contribution < 1.29 is 4.39 Å². The molecular formula is C15H19BrFN3. The zero-order valence-electron chi connectivity index (χ0n) is 12.0. The lowest BCUT2D eigenvalue weighted by Crippen LogP contribution is -2.17. The van der Waals surface area contributed by atoms with Crippen molar-refractivity contribution in [3.05, 3.63) is 51.0 Å². The van der Waals surface area contributed by atoms with Crippen LogP contribution >= 0.6 is 15.9 Å². The van der Waals surface area contributed by atoms with E-state index in [0.29, 0.717) is 6.42 Å². The van der Waals surface area contributed by atoms with Gasteiger partial charge in [-0.15, -0.1) is 0 Å². The molecular weight excluding hydrogens is 321 g/mol. The van der Waals surface area contributed by atoms with Gasteiger partial charge in [-0.3, -0.25) is 4.68 Å². The number of nitrogens with zero attached hydrogens (tertiary/aromatic N) is 2. The molecule has 1 aromatic carbocycles. The maximum absolute atomic E-state index is 13.2. The second-order valence-electron chi connectivity index (χ2n) is 4.97. The van der Waals surface area contributed by atoms with E-state index in [-0.39, 0.29) is 11.9 Å². The third-order valence-corrected chi connectivity index (χ3v) is 4.53. The van der Waals surface area contributed by atoms with Crippen molar-refractivity contribution in [3.63, 3.8) is 0 Å². The van der Waals surface area contributed by atoms with Gasteiger partial charge in [0.15, 0.2) is 0 Å². The summed E-state index contributed by atoms with van der Waals surface area (Å²) in [7, 11) is 0. The average molecular weight is 340 g/mol. The Morgan fingerprint density at radius 2 is 2.10 bits per heavy atom. The van der Waals surface area contributed by atoms with E-state index < -0.39 is 0 Å². The zero-order valence-corrected chi connectivity index (χ0v) is 13.5. The van der Waals surface area contributed by atoms with Gasteiger partial charge >= 0.3 is 0 Å². The summed E-state index contributed by atoms with van der Waals surface area (Å²) in [6, 6.07) is 4.57. The Morgan fingerprint density at radius 1 is 1.40 bits per heavy atom. The van der Waals surface area contributed by atoms with E-state index in [1.165, 1.54) is 12.1 Å². The summed E-state index contributed by atoms with van der Waals surface area (Å²) in [6.07, 6.45) is 0.668. The first kappa shape index (κ1) is 15.2. The lowest BCUT2D eigenvalue weighted by molar-refractivity contribution is 0.583. The van der Waals surface area contributed by atoms with E-state index in [1.807, 2.05) is 18.5 Å². The van der Waals surface area contributed by atoms with E-state index in [0.717, 1.165) is 33.5 Å². The summed E-state index contributed by atoms with van der Waals surface area (Å²) in [5.41, 5.74) is 10.2. The van der Waals surface area contributed by atoms with E-state index in [4.69, 9.17) is 5.73 Å². The molecule has 20 heavy (non-hydrogen) atoms. The van der Waals surface area contributed by atoms with Gasteiger partial charge < -0.3 is 5.73 Å². The largest absolute Gasteiger partial charge is 0.324 e. The van der Waals surface area contributed by atoms with Crippen LogP contribution in [0.2, 0.25) is 0 Å². The highest BCUT2D eigenvalue weighted by Crippen LogP contribution is 2.27. The van der Waals surface area contributed by atoms with E-state index in [9.17, 15) is 4.39 Å². The van der Waals surface area contributed by atoms with Gasteiger partial charge in [-0.05, 0) is 60.0 Å². The summed E-state index contributed by atoms with van der Waals surface area (Å²) in [4.78, 5) is 0. The Balaban J connectivity index is 2.30. The number of hydrogen-bond donors (Lipinski definition) is 1. The van der Waals surface area contributed by atoms with Crippen LogP contribution in [-0.2, 0) is 13.0 Å². The Morgan fingerprint density at radius 3 is 2.70 bits per heavy atom. The van der Waals surface area contributed by atoms with E-state index in [1.54, 1.807) is 6.07 Å². The van der Waals surface area contributed by atoms with Crippen LogP contribution in [-0.4, -0.2) is 9.78 Å². The first-order valence-corrected chi connectivity index (χ1v) is 7.46. The highest BCUT2D eigenvalue weighted by Gasteiger charge is 2.17. The molecule has 0 spiro atoms. The van der Waals surface area contributed by atoms with Gasteiger partial charge in [-0.2, -0.15) is 5.10 Å². The molecule has 0 bridgehead atoms. The number of halogens is 2. The zero-order chi connectivity index (χ0) is 14.9. The Kier molecular flexibility index (Phi) is 4.60. The molecule has 1 unspecified atom stereocenters. The molecule has 0 fully saturated rings. The van der Waals surface area contributed by atoms with Crippen LogP contribution in [0.15, 0.2) is 22.7 Å². The second kappa shape index (κ2) is 6.06. The second-order valence-corrected chi connectivity index (χ2v) is 5.77. The first-order valence-electron chi connectivity index (χ1n) is 6.67. The number of hydrogen-bond acceptors (Lipinski definition) is 2. The van der Waals surface area contributed by atoms with Crippen LogP contribution in [0.25, 0.3) is 0 Å². The molecule has 0 amide bonds. The van der Waals surface area contributed by atoms with Crippen molar-refractivity contribution in [3.8, 4) is 0 Å². The Labute approximate surface area is 127 Å². The first-order chi connectivity index (χ1) is 9.43. The minimum Gasteiger partial charge on any atom is -0.324 e. The minimum atomic E-state index is -0.228. The minimum absolute atomic E-state index is 0.173. The van der Waals surface area contributed by atoms with Crippen molar-refractivity contribution in [1.82, 2.24) is 9.78 Å². The summed E-state index contributed by atoms with van der Waals surface area (Å²) in [5, 5.41) is 4.47. The smallest absolute Gasteiger partial charge is 0.123 e. The highest BCUT2D eigenvalue weighted by atomic mass is 79.9. The fourth-order valence-corrected chi connectivity index (χ4v) is 2.88. The Hall–Kier alpha value is -1.20. The third-order valence-electron chi connectivity index (χ3n) is 3.50. The van der Waals surface area contributed by atoms with E-state index >= 15 is 0 Å². The summed E-state index contributed by atoms with van der Waals surface area (Å²) >= 11 is 3.57. The molecule has 1 aromatic heterocycles. The van der Waals surface area contributed by atoms with Gasteiger partial charge in [0.05, 0.1) is 15.9 Å². The average Bonchev–Trinajstić information content (AvgIpc) is 2.66. The number of aromatic nitrogens is 2. The number of rotatable bonds is 4. The predicted molar refractivity (Wildman–Crippen MR) is 82.1 cm³/mol. The van der Waals surface area contributed by atoms with Gasteiger partial charge in [-0.25, -0.2) is 4.39 Å². The monoisotopic (exact) mass is 339 g/mol. The predicted octanol–water partition coefficient (Wildman–Crippen LogP) is 3.66. The van der Waals surface area contributed by atoms with Crippen molar-refractivity contribution in [1.29, 1.82) is 0 Å². The molecule has 1 heterocycles. The van der Waals surface area contributed by atoms with Crippen LogP contribution in [0.5, 0.6) is 0 Å². The number of aryl methyl sites for hydroxylation is 3. The normalized spacial score (nSPS) is 12.7. The van der Waals surface area contributed by atoms with Gasteiger partial charge in [0.1, 0.15) is 5.82 Å². The van der Waals surface area contributed by atoms with Crippen LogP contribution in [0.4, 0.5) is 4.39 Å². The third kappa shape index (κ3) is 2.94. The number of benzene rings is 1. The van der Waals surface area contributed by atoms with Crippen LogP contribution in [0.3, 0.4) is 0 Å². The molecule has 0 aliphatic carbocycles. The summed E-state index contributed by atoms with van der Waals surface area (Å²) in [5.74, 6) is -0.228. The molecule has 0 radical (unpaired) electrons. The molecule has 5 heteroatoms. The maximum Gasteiger partial charge on any atom is 0.123 e. The summed E-state index contributed by atoms with van der Waals surface area (Å²) < 4.78 is 16.1. The molecule has 0 saturated carbocycles. The topological polar surface area (TPSA) is 43.8 Å². The van der Waals surface area contributed by atoms with Crippen LogP contribution in [0.1, 0.15) is 35.5 Å². The van der Waals surface area contributed by atoms with Crippen molar-refractivity contribution in [2.24, 2.45) is 5.73 Å². The standard InChI is InChI=1S/C15H19BrFN3/c1-4-20-14(15(16)10(3)19-20)8-13(18)12-6-5-11(17)7-9(12)2/h5-7,13H,4,8,18H2,1-3H3. The number of nitrogens with two attached hydrogens (primary N) is 1. The molecule has 108 valence electrons. The van der Waals surface area contributed by atoms with E-state index in [2.05, 4.69) is 28.0 Å². The quantitative estimate of drug-likeness (QED) is 0.923. The molecule has 2 rings (SSSR count). The molecule has 0 saturated heterocycles. The van der Waals surface area contributed by atoms with Crippen molar-refractivity contribution in [2.45, 2.75) is 39.8 Å². The van der Waals surface area contributed by atoms with Crippen LogP contribution in [0, 0.1) is 19.7 Å². The van der Waals surface area contributed by atoms with Crippen molar-refractivity contribution >= 4 is 15.9 Å². The molecule has 1 atom stereocenters. The fraction of sp³-hybridized carbons (Fsp3) is 0.400. The van der Waals surface area contributed by atoms with Crippen LogP contribution < -0.4 is 5.73 Å². The molecule has 0 aliphatic rings. The lowest BCUT2D eigenvalue weighted by Gasteiger charge is -2.16. The highest BCUT2D eigenvalue weighted by molar-refractivity contribution is 9.10. The lowest BCUT2D eigenvalue weighted by atomic mass is 9.98. The summed E-state index contributed by atoms with van der Waals surface area (Å²) in [6.45, 7) is 6.71. The molecule has 2 N–H and O–H groups in total. The molecule has 0 aliphatic heterocycles. The van der Waals surface area contributed by atoms with Crippen molar-refractivity contribution in [2.75, 3.05) is 0 Å².